The molecule has 0 radical (unpaired) electrons. The third-order valence-corrected chi connectivity index (χ3v) is 6.89. The fourth-order valence-corrected chi connectivity index (χ4v) is 4.84. The van der Waals surface area contributed by atoms with Crippen LogP contribution in [0.15, 0.2) is 65.6 Å². The van der Waals surface area contributed by atoms with Gasteiger partial charge < -0.3 is 18.9 Å². The molecule has 0 aromatic heterocycles. The molecule has 0 saturated carbocycles. The zero-order valence-corrected chi connectivity index (χ0v) is 22.4. The van der Waals surface area contributed by atoms with Crippen molar-refractivity contribution in [3.63, 3.8) is 0 Å². The standard InChI is InChI=1S/C27H23Cl2NO6S/c1-33-21-5-3-4-6-22(21)35-12-11-30-26(31)25(37-27(30)32)14-17-7-10-23(24(13-17)34-2)36-16-18-8-9-19(28)15-20(18)29/h3-10,13-15H,11-12,16H2,1-2H3/b25-14-. The molecule has 0 aliphatic carbocycles. The molecular weight excluding hydrogens is 537 g/mol. The Morgan fingerprint density at radius 1 is 0.865 bits per heavy atom. The van der Waals surface area contributed by atoms with Crippen molar-refractivity contribution in [3.8, 4) is 23.0 Å². The molecule has 1 fully saturated rings. The second-order valence-corrected chi connectivity index (χ2v) is 9.60. The fraction of sp³-hybridized carbons (Fsp3) is 0.185. The van der Waals surface area contributed by atoms with Gasteiger partial charge in [-0.15, -0.1) is 0 Å². The number of amides is 2. The highest BCUT2D eigenvalue weighted by Crippen LogP contribution is 2.35. The summed E-state index contributed by atoms with van der Waals surface area (Å²) in [6.45, 7) is 0.480. The van der Waals surface area contributed by atoms with Crippen LogP contribution in [0.2, 0.25) is 10.0 Å². The highest BCUT2D eigenvalue weighted by atomic mass is 35.5. The lowest BCUT2D eigenvalue weighted by Gasteiger charge is -2.14. The predicted octanol–water partition coefficient (Wildman–Crippen LogP) is 6.70. The smallest absolute Gasteiger partial charge is 0.293 e. The van der Waals surface area contributed by atoms with Crippen LogP contribution in [0, 0.1) is 0 Å². The van der Waals surface area contributed by atoms with E-state index in [-0.39, 0.29) is 30.9 Å². The molecule has 0 bridgehead atoms. The van der Waals surface area contributed by atoms with Gasteiger partial charge in [0.2, 0.25) is 0 Å². The Bertz CT molecular complexity index is 1350. The number of carbonyl (C=O) groups excluding carboxylic acids is 2. The van der Waals surface area contributed by atoms with Crippen LogP contribution in [0.1, 0.15) is 11.1 Å². The van der Waals surface area contributed by atoms with Gasteiger partial charge in [-0.3, -0.25) is 14.5 Å². The molecule has 192 valence electrons. The minimum atomic E-state index is -0.379. The molecule has 1 heterocycles. The summed E-state index contributed by atoms with van der Waals surface area (Å²) in [5, 5.41) is 0.697. The summed E-state index contributed by atoms with van der Waals surface area (Å²) in [6, 6.07) is 17.6. The van der Waals surface area contributed by atoms with Crippen molar-refractivity contribution in [3.05, 3.63) is 86.7 Å². The maximum absolute atomic E-state index is 12.9. The number of methoxy groups -OCH3 is 2. The Kier molecular flexibility index (Phi) is 8.87. The zero-order chi connectivity index (χ0) is 26.4. The van der Waals surface area contributed by atoms with Crippen LogP contribution in [0.5, 0.6) is 23.0 Å². The molecule has 0 N–H and O–H groups in total. The monoisotopic (exact) mass is 559 g/mol. The molecule has 0 spiro atoms. The highest BCUT2D eigenvalue weighted by molar-refractivity contribution is 8.18. The molecule has 3 aromatic carbocycles. The molecule has 37 heavy (non-hydrogen) atoms. The average Bonchev–Trinajstić information content (AvgIpc) is 3.16. The normalized spacial score (nSPS) is 14.3. The fourth-order valence-electron chi connectivity index (χ4n) is 3.52. The highest BCUT2D eigenvalue weighted by Gasteiger charge is 2.34. The number of thioether (sulfide) groups is 1. The third kappa shape index (κ3) is 6.52. The van der Waals surface area contributed by atoms with Gasteiger partial charge >= 0.3 is 0 Å². The lowest BCUT2D eigenvalue weighted by molar-refractivity contribution is -0.123. The number of imide groups is 1. The second kappa shape index (κ2) is 12.3. The van der Waals surface area contributed by atoms with E-state index < -0.39 is 0 Å². The molecule has 7 nitrogen and oxygen atoms in total. The number of benzene rings is 3. The minimum Gasteiger partial charge on any atom is -0.493 e. The van der Waals surface area contributed by atoms with E-state index in [9.17, 15) is 9.59 Å². The molecule has 0 unspecified atom stereocenters. The van der Waals surface area contributed by atoms with Crippen molar-refractivity contribution < 1.29 is 28.5 Å². The van der Waals surface area contributed by atoms with E-state index in [2.05, 4.69) is 0 Å². The Morgan fingerprint density at radius 3 is 2.32 bits per heavy atom. The maximum Gasteiger partial charge on any atom is 0.293 e. The quantitative estimate of drug-likeness (QED) is 0.255. The SMILES string of the molecule is COc1ccccc1OCCN1C(=O)S/C(=C\c2ccc(OCc3ccc(Cl)cc3Cl)c(OC)c2)C1=O. The van der Waals surface area contributed by atoms with Crippen molar-refractivity contribution in [2.45, 2.75) is 6.61 Å². The van der Waals surface area contributed by atoms with Crippen molar-refractivity contribution >= 4 is 52.2 Å². The molecule has 4 rings (SSSR count). The minimum absolute atomic E-state index is 0.114. The first kappa shape index (κ1) is 26.7. The van der Waals surface area contributed by atoms with Crippen molar-refractivity contribution in [2.75, 3.05) is 27.4 Å². The molecule has 2 amide bonds. The molecule has 0 atom stereocenters. The van der Waals surface area contributed by atoms with Crippen LogP contribution in [-0.2, 0) is 11.4 Å². The van der Waals surface area contributed by atoms with Crippen LogP contribution in [0.25, 0.3) is 6.08 Å². The Morgan fingerprint density at radius 2 is 1.59 bits per heavy atom. The summed E-state index contributed by atoms with van der Waals surface area (Å²) < 4.78 is 22.3. The number of hydrogen-bond acceptors (Lipinski definition) is 7. The van der Waals surface area contributed by atoms with Crippen LogP contribution in [-0.4, -0.2) is 43.4 Å². The summed E-state index contributed by atoms with van der Waals surface area (Å²) >= 11 is 13.0. The number of rotatable bonds is 10. The van der Waals surface area contributed by atoms with E-state index in [0.717, 1.165) is 22.2 Å². The Labute approximate surface area is 228 Å². The molecular formula is C27H23Cl2NO6S. The van der Waals surface area contributed by atoms with Gasteiger partial charge in [-0.2, -0.15) is 0 Å². The first-order valence-electron chi connectivity index (χ1n) is 11.2. The van der Waals surface area contributed by atoms with Gasteiger partial charge in [-0.05, 0) is 59.8 Å². The van der Waals surface area contributed by atoms with E-state index in [1.54, 1.807) is 61.7 Å². The first-order valence-corrected chi connectivity index (χ1v) is 12.7. The average molecular weight is 560 g/mol. The Hall–Kier alpha value is -3.33. The van der Waals surface area contributed by atoms with Crippen LogP contribution < -0.4 is 18.9 Å². The number of carbonyl (C=O) groups is 2. The number of hydrogen-bond donors (Lipinski definition) is 0. The van der Waals surface area contributed by atoms with Gasteiger partial charge in [0, 0.05) is 15.6 Å². The van der Waals surface area contributed by atoms with E-state index in [4.69, 9.17) is 42.1 Å². The molecule has 10 heteroatoms. The maximum atomic E-state index is 12.9. The summed E-state index contributed by atoms with van der Waals surface area (Å²) in [4.78, 5) is 26.8. The second-order valence-electron chi connectivity index (χ2n) is 7.77. The number of ether oxygens (including phenoxy) is 4. The van der Waals surface area contributed by atoms with Gasteiger partial charge in [0.25, 0.3) is 11.1 Å². The van der Waals surface area contributed by atoms with E-state index >= 15 is 0 Å². The van der Waals surface area contributed by atoms with Crippen molar-refractivity contribution in [1.82, 2.24) is 4.90 Å². The summed E-state index contributed by atoms with van der Waals surface area (Å²) in [6.07, 6.45) is 1.65. The molecule has 1 saturated heterocycles. The first-order chi connectivity index (χ1) is 17.9. The molecule has 1 aliphatic heterocycles. The lowest BCUT2D eigenvalue weighted by atomic mass is 10.1. The summed E-state index contributed by atoms with van der Waals surface area (Å²) in [5.41, 5.74) is 1.46. The number of nitrogens with zero attached hydrogens (tertiary/aromatic N) is 1. The molecule has 1 aliphatic rings. The number of para-hydroxylation sites is 2. The zero-order valence-electron chi connectivity index (χ0n) is 20.0. The van der Waals surface area contributed by atoms with Crippen LogP contribution in [0.3, 0.4) is 0 Å². The van der Waals surface area contributed by atoms with Crippen molar-refractivity contribution in [2.24, 2.45) is 0 Å². The summed E-state index contributed by atoms with van der Waals surface area (Å²) in [7, 11) is 3.07. The molecule has 3 aromatic rings. The van der Waals surface area contributed by atoms with Gasteiger partial charge in [-0.1, -0.05) is 47.5 Å². The van der Waals surface area contributed by atoms with E-state index in [1.807, 2.05) is 12.1 Å². The van der Waals surface area contributed by atoms with Gasteiger partial charge in [-0.25, -0.2) is 0 Å². The largest absolute Gasteiger partial charge is 0.493 e. The summed E-state index contributed by atoms with van der Waals surface area (Å²) in [5.74, 6) is 1.72. The van der Waals surface area contributed by atoms with Crippen LogP contribution >= 0.6 is 35.0 Å². The lowest BCUT2D eigenvalue weighted by Crippen LogP contribution is -2.32. The number of halogens is 2. The van der Waals surface area contributed by atoms with Crippen LogP contribution in [0.4, 0.5) is 4.79 Å². The third-order valence-electron chi connectivity index (χ3n) is 5.40. The topological polar surface area (TPSA) is 74.3 Å². The predicted molar refractivity (Wildman–Crippen MR) is 145 cm³/mol. The van der Waals surface area contributed by atoms with E-state index in [0.29, 0.717) is 43.5 Å². The van der Waals surface area contributed by atoms with E-state index in [1.165, 1.54) is 7.11 Å². The van der Waals surface area contributed by atoms with Gasteiger partial charge in [0.05, 0.1) is 25.7 Å². The van der Waals surface area contributed by atoms with Gasteiger partial charge in [0.15, 0.2) is 23.0 Å². The Balaban J connectivity index is 1.40. The van der Waals surface area contributed by atoms with Gasteiger partial charge in [0.1, 0.15) is 13.2 Å². The van der Waals surface area contributed by atoms with Crippen molar-refractivity contribution in [1.29, 1.82) is 0 Å².